The second-order valence-corrected chi connectivity index (χ2v) is 3.98. The molecule has 0 saturated carbocycles. The van der Waals surface area contributed by atoms with Crippen molar-refractivity contribution >= 4 is 18.3 Å². The maximum absolute atomic E-state index is 12.3. The summed E-state index contributed by atoms with van der Waals surface area (Å²) < 4.78 is 29.1. The number of para-hydroxylation sites is 1. The molecule has 0 fully saturated rings. The van der Waals surface area contributed by atoms with Crippen LogP contribution in [0.2, 0.25) is 0 Å². The zero-order valence-electron chi connectivity index (χ0n) is 11.4. The van der Waals surface area contributed by atoms with E-state index in [1.165, 1.54) is 6.07 Å². The lowest BCUT2D eigenvalue weighted by Crippen LogP contribution is -2.35. The number of likely N-dealkylation sites (N-methyl/N-ethyl adjacent to an activating group) is 1. The van der Waals surface area contributed by atoms with Crippen molar-refractivity contribution in [3.8, 4) is 5.75 Å². The van der Waals surface area contributed by atoms with E-state index in [1.54, 1.807) is 25.2 Å². The van der Waals surface area contributed by atoms with Crippen LogP contribution in [0.3, 0.4) is 0 Å². The van der Waals surface area contributed by atoms with E-state index in [0.717, 1.165) is 0 Å². The second-order valence-electron chi connectivity index (χ2n) is 3.98. The average molecular weight is 309 g/mol. The summed E-state index contributed by atoms with van der Waals surface area (Å²) in [7, 11) is 1.66. The highest BCUT2D eigenvalue weighted by molar-refractivity contribution is 5.85. The second kappa shape index (κ2) is 9.50. The molecule has 1 rings (SSSR count). The van der Waals surface area contributed by atoms with E-state index in [4.69, 9.17) is 0 Å². The number of hydrogen-bond acceptors (Lipinski definition) is 3. The highest BCUT2D eigenvalue weighted by atomic mass is 35.5. The fourth-order valence-corrected chi connectivity index (χ4v) is 1.78. The van der Waals surface area contributed by atoms with Gasteiger partial charge in [-0.1, -0.05) is 25.1 Å². The Bertz CT molecular complexity index is 419. The van der Waals surface area contributed by atoms with Gasteiger partial charge in [0.05, 0.1) is 12.6 Å². The Morgan fingerprint density at radius 2 is 2.00 bits per heavy atom. The topological polar surface area (TPSA) is 50.4 Å². The van der Waals surface area contributed by atoms with E-state index in [0.29, 0.717) is 12.0 Å². The van der Waals surface area contributed by atoms with Crippen LogP contribution in [-0.2, 0) is 4.79 Å². The van der Waals surface area contributed by atoms with Gasteiger partial charge in [-0.15, -0.1) is 12.4 Å². The van der Waals surface area contributed by atoms with Gasteiger partial charge in [-0.05, 0) is 19.5 Å². The minimum atomic E-state index is -2.88. The van der Waals surface area contributed by atoms with Crippen LogP contribution in [0.1, 0.15) is 24.9 Å². The maximum Gasteiger partial charge on any atom is 0.387 e. The van der Waals surface area contributed by atoms with Crippen molar-refractivity contribution in [2.75, 3.05) is 13.6 Å². The Kier molecular flexibility index (Phi) is 8.83. The van der Waals surface area contributed by atoms with Crippen molar-refractivity contribution in [3.05, 3.63) is 29.8 Å². The molecule has 0 saturated heterocycles. The molecule has 4 nitrogen and oxygen atoms in total. The summed E-state index contributed by atoms with van der Waals surface area (Å²) >= 11 is 0. The molecule has 114 valence electrons. The van der Waals surface area contributed by atoms with E-state index in [-0.39, 0.29) is 36.7 Å². The summed E-state index contributed by atoms with van der Waals surface area (Å²) in [5, 5.41) is 5.50. The fraction of sp³-hybridized carbons (Fsp3) is 0.462. The maximum atomic E-state index is 12.3. The summed E-state index contributed by atoms with van der Waals surface area (Å²) in [6, 6.07) is 6.12. The number of halogens is 3. The van der Waals surface area contributed by atoms with E-state index >= 15 is 0 Å². The number of amides is 1. The van der Waals surface area contributed by atoms with Gasteiger partial charge < -0.3 is 15.4 Å². The third-order valence-electron chi connectivity index (χ3n) is 2.59. The van der Waals surface area contributed by atoms with Crippen LogP contribution >= 0.6 is 12.4 Å². The highest BCUT2D eigenvalue weighted by Gasteiger charge is 2.18. The van der Waals surface area contributed by atoms with Gasteiger partial charge in [-0.3, -0.25) is 4.79 Å². The zero-order chi connectivity index (χ0) is 14.3. The normalized spacial score (nSPS) is 11.7. The molecule has 1 aromatic rings. The molecule has 0 aliphatic rings. The average Bonchev–Trinajstić information content (AvgIpc) is 2.36. The number of alkyl halides is 2. The lowest BCUT2D eigenvalue weighted by Gasteiger charge is -2.20. The van der Waals surface area contributed by atoms with Gasteiger partial charge in [-0.2, -0.15) is 8.78 Å². The van der Waals surface area contributed by atoms with Crippen molar-refractivity contribution in [1.82, 2.24) is 10.6 Å². The third-order valence-corrected chi connectivity index (χ3v) is 2.59. The van der Waals surface area contributed by atoms with Crippen LogP contribution in [-0.4, -0.2) is 26.1 Å². The van der Waals surface area contributed by atoms with Gasteiger partial charge in [-0.25, -0.2) is 0 Å². The van der Waals surface area contributed by atoms with Crippen molar-refractivity contribution in [2.24, 2.45) is 0 Å². The first-order chi connectivity index (χ1) is 9.08. The number of nitrogens with one attached hydrogen (secondary N) is 2. The standard InChI is InChI=1S/C13H18F2N2O2.ClH/c1-3-10(17-12(18)8-16-2)9-6-4-5-7-11(9)19-13(14)15;/h4-7,10,13,16H,3,8H2,1-2H3,(H,17,18);1H. The van der Waals surface area contributed by atoms with Gasteiger partial charge in [0.2, 0.25) is 5.91 Å². The molecule has 0 aliphatic heterocycles. The highest BCUT2D eigenvalue weighted by Crippen LogP contribution is 2.28. The quantitative estimate of drug-likeness (QED) is 0.814. The molecule has 1 unspecified atom stereocenters. The minimum absolute atomic E-state index is 0. The predicted molar refractivity (Wildman–Crippen MR) is 75.4 cm³/mol. The Morgan fingerprint density at radius 3 is 2.55 bits per heavy atom. The van der Waals surface area contributed by atoms with Gasteiger partial charge >= 0.3 is 6.61 Å². The zero-order valence-corrected chi connectivity index (χ0v) is 12.2. The van der Waals surface area contributed by atoms with Crippen molar-refractivity contribution in [3.63, 3.8) is 0 Å². The predicted octanol–water partition coefficient (Wildman–Crippen LogP) is 2.50. The fourth-order valence-electron chi connectivity index (χ4n) is 1.78. The first kappa shape index (κ1) is 18.6. The number of ether oxygens (including phenoxy) is 1. The van der Waals surface area contributed by atoms with Crippen molar-refractivity contribution < 1.29 is 18.3 Å². The number of carbonyl (C=O) groups excluding carboxylic acids is 1. The van der Waals surface area contributed by atoms with E-state index in [1.807, 2.05) is 6.92 Å². The molecular weight excluding hydrogens is 290 g/mol. The Morgan fingerprint density at radius 1 is 1.35 bits per heavy atom. The van der Waals surface area contributed by atoms with E-state index in [2.05, 4.69) is 15.4 Å². The summed E-state index contributed by atoms with van der Waals surface area (Å²) in [5.74, 6) is -0.102. The Balaban J connectivity index is 0.00000361. The van der Waals surface area contributed by atoms with Crippen LogP contribution < -0.4 is 15.4 Å². The summed E-state index contributed by atoms with van der Waals surface area (Å²) in [6.45, 7) is -0.843. The number of carbonyl (C=O) groups is 1. The monoisotopic (exact) mass is 308 g/mol. The van der Waals surface area contributed by atoms with Crippen LogP contribution in [0.4, 0.5) is 8.78 Å². The van der Waals surface area contributed by atoms with Crippen LogP contribution in [0.5, 0.6) is 5.75 Å². The molecule has 1 amide bonds. The smallest absolute Gasteiger partial charge is 0.387 e. The van der Waals surface area contributed by atoms with E-state index in [9.17, 15) is 13.6 Å². The minimum Gasteiger partial charge on any atom is -0.434 e. The molecule has 0 heterocycles. The van der Waals surface area contributed by atoms with Gasteiger partial charge in [0.25, 0.3) is 0 Å². The lowest BCUT2D eigenvalue weighted by molar-refractivity contribution is -0.120. The molecule has 0 aliphatic carbocycles. The number of hydrogen-bond donors (Lipinski definition) is 2. The SMILES string of the molecule is CCC(NC(=O)CNC)c1ccccc1OC(F)F.Cl. The number of rotatable bonds is 7. The summed E-state index contributed by atoms with van der Waals surface area (Å²) in [5.41, 5.74) is 0.551. The molecule has 2 N–H and O–H groups in total. The largest absolute Gasteiger partial charge is 0.434 e. The summed E-state index contributed by atoms with van der Waals surface area (Å²) in [6.07, 6.45) is 0.582. The molecular formula is C13H19ClF2N2O2. The Hall–Kier alpha value is -1.40. The van der Waals surface area contributed by atoms with Gasteiger partial charge in [0, 0.05) is 5.56 Å². The Labute approximate surface area is 123 Å². The molecule has 0 spiro atoms. The molecule has 0 radical (unpaired) electrons. The molecule has 1 aromatic carbocycles. The van der Waals surface area contributed by atoms with Crippen LogP contribution in [0, 0.1) is 0 Å². The first-order valence-corrected chi connectivity index (χ1v) is 6.06. The van der Waals surface area contributed by atoms with E-state index < -0.39 is 6.61 Å². The first-order valence-electron chi connectivity index (χ1n) is 6.06. The van der Waals surface area contributed by atoms with Crippen LogP contribution in [0.15, 0.2) is 24.3 Å². The molecule has 7 heteroatoms. The van der Waals surface area contributed by atoms with Crippen molar-refractivity contribution in [2.45, 2.75) is 26.0 Å². The van der Waals surface area contributed by atoms with Crippen molar-refractivity contribution in [1.29, 1.82) is 0 Å². The molecule has 0 bridgehead atoms. The van der Waals surface area contributed by atoms with Gasteiger partial charge in [0.15, 0.2) is 0 Å². The summed E-state index contributed by atoms with van der Waals surface area (Å²) in [4.78, 5) is 11.6. The third kappa shape index (κ3) is 5.71. The van der Waals surface area contributed by atoms with Crippen LogP contribution in [0.25, 0.3) is 0 Å². The molecule has 20 heavy (non-hydrogen) atoms. The molecule has 1 atom stereocenters. The molecule has 0 aromatic heterocycles. The van der Waals surface area contributed by atoms with Gasteiger partial charge in [0.1, 0.15) is 5.75 Å². The number of benzene rings is 1. The lowest BCUT2D eigenvalue weighted by atomic mass is 10.0.